The van der Waals surface area contributed by atoms with Crippen LogP contribution in [0.15, 0.2) is 22.7 Å². The third-order valence-electron chi connectivity index (χ3n) is 3.88. The van der Waals surface area contributed by atoms with Crippen LogP contribution in [0.2, 0.25) is 0 Å². The number of nitro groups is 1. The molecule has 1 fully saturated rings. The molecule has 1 aliphatic heterocycles. The molecule has 1 unspecified atom stereocenters. The Hall–Kier alpha value is -0.980. The maximum absolute atomic E-state index is 11.0. The summed E-state index contributed by atoms with van der Waals surface area (Å²) >= 11 is 3.37. The van der Waals surface area contributed by atoms with Crippen molar-refractivity contribution in [2.45, 2.75) is 38.3 Å². The molecule has 6 heteroatoms. The van der Waals surface area contributed by atoms with Crippen molar-refractivity contribution in [3.8, 4) is 0 Å². The molecule has 2 N–H and O–H groups in total. The summed E-state index contributed by atoms with van der Waals surface area (Å²) in [4.78, 5) is 13.0. The number of nitro benzene ring substituents is 1. The summed E-state index contributed by atoms with van der Waals surface area (Å²) in [5.41, 5.74) is 6.79. The molecule has 110 valence electrons. The van der Waals surface area contributed by atoms with Gasteiger partial charge in [0.25, 0.3) is 5.69 Å². The first-order valence-corrected chi connectivity index (χ1v) is 7.78. The Kier molecular flexibility index (Phi) is 5.51. The monoisotopic (exact) mass is 341 g/mol. The van der Waals surface area contributed by atoms with Crippen LogP contribution >= 0.6 is 15.9 Å². The molecule has 1 heterocycles. The molecule has 0 saturated carbocycles. The predicted octanol–water partition coefficient (Wildman–Crippen LogP) is 3.06. The lowest BCUT2D eigenvalue weighted by atomic mass is 9.98. The molecule has 0 radical (unpaired) electrons. The van der Waals surface area contributed by atoms with Gasteiger partial charge in [-0.3, -0.25) is 15.0 Å². The zero-order valence-corrected chi connectivity index (χ0v) is 13.0. The zero-order chi connectivity index (χ0) is 14.5. The van der Waals surface area contributed by atoms with Crippen LogP contribution in [0, 0.1) is 10.1 Å². The predicted molar refractivity (Wildman–Crippen MR) is 82.5 cm³/mol. The van der Waals surface area contributed by atoms with Gasteiger partial charge in [0.1, 0.15) is 0 Å². The quantitative estimate of drug-likeness (QED) is 0.659. The smallest absolute Gasteiger partial charge is 0.283 e. The minimum Gasteiger partial charge on any atom is -0.330 e. The fraction of sp³-hybridized carbons (Fsp3) is 0.571. The zero-order valence-electron chi connectivity index (χ0n) is 11.4. The molecule has 1 aliphatic rings. The van der Waals surface area contributed by atoms with Gasteiger partial charge in [-0.25, -0.2) is 0 Å². The molecular formula is C14H20BrN3O2. The van der Waals surface area contributed by atoms with Crippen LogP contribution in [0.3, 0.4) is 0 Å². The summed E-state index contributed by atoms with van der Waals surface area (Å²) in [6.45, 7) is 2.48. The fourth-order valence-corrected chi connectivity index (χ4v) is 3.37. The van der Waals surface area contributed by atoms with Crippen molar-refractivity contribution in [2.75, 3.05) is 13.1 Å². The van der Waals surface area contributed by atoms with Gasteiger partial charge in [0.05, 0.1) is 9.40 Å². The van der Waals surface area contributed by atoms with Gasteiger partial charge in [-0.1, -0.05) is 18.6 Å². The van der Waals surface area contributed by atoms with Gasteiger partial charge < -0.3 is 5.73 Å². The highest BCUT2D eigenvalue weighted by Crippen LogP contribution is 2.31. The lowest BCUT2D eigenvalue weighted by Gasteiger charge is -2.35. The van der Waals surface area contributed by atoms with Gasteiger partial charge in [0, 0.05) is 18.7 Å². The van der Waals surface area contributed by atoms with Crippen LogP contribution in [0.5, 0.6) is 0 Å². The molecule has 1 atom stereocenters. The number of hydrogen-bond donors (Lipinski definition) is 1. The van der Waals surface area contributed by atoms with Gasteiger partial charge in [-0.2, -0.15) is 0 Å². The maximum atomic E-state index is 11.0. The van der Waals surface area contributed by atoms with E-state index in [2.05, 4.69) is 20.8 Å². The van der Waals surface area contributed by atoms with E-state index in [0.717, 1.165) is 25.1 Å². The highest BCUT2D eigenvalue weighted by Gasteiger charge is 2.24. The summed E-state index contributed by atoms with van der Waals surface area (Å²) in [5.74, 6) is 0. The lowest BCUT2D eigenvalue weighted by molar-refractivity contribution is -0.385. The molecule has 20 heavy (non-hydrogen) atoms. The summed E-state index contributed by atoms with van der Waals surface area (Å²) in [7, 11) is 0. The van der Waals surface area contributed by atoms with Crippen molar-refractivity contribution < 1.29 is 4.92 Å². The van der Waals surface area contributed by atoms with E-state index in [1.165, 1.54) is 25.3 Å². The highest BCUT2D eigenvalue weighted by molar-refractivity contribution is 9.10. The molecule has 1 saturated heterocycles. The van der Waals surface area contributed by atoms with E-state index in [1.54, 1.807) is 6.07 Å². The molecule has 2 rings (SSSR count). The Morgan fingerprint density at radius 1 is 1.45 bits per heavy atom. The van der Waals surface area contributed by atoms with Crippen LogP contribution in [0.25, 0.3) is 0 Å². The Morgan fingerprint density at radius 3 is 2.95 bits per heavy atom. The fourth-order valence-electron chi connectivity index (χ4n) is 2.84. The average Bonchev–Trinajstić information content (AvgIpc) is 2.43. The Balaban J connectivity index is 2.16. The number of nitrogens with zero attached hydrogens (tertiary/aromatic N) is 2. The highest BCUT2D eigenvalue weighted by atomic mass is 79.9. The van der Waals surface area contributed by atoms with Crippen LogP contribution in [-0.2, 0) is 6.54 Å². The van der Waals surface area contributed by atoms with E-state index in [4.69, 9.17) is 5.73 Å². The number of nitrogens with two attached hydrogens (primary N) is 1. The second-order valence-corrected chi connectivity index (χ2v) is 6.00. The summed E-state index contributed by atoms with van der Waals surface area (Å²) in [5, 5.41) is 11.0. The van der Waals surface area contributed by atoms with E-state index < -0.39 is 0 Å². The number of benzene rings is 1. The Bertz CT molecular complexity index is 479. The minimum atomic E-state index is -0.346. The molecule has 0 aromatic heterocycles. The number of likely N-dealkylation sites (tertiary alicyclic amines) is 1. The number of piperidine rings is 1. The van der Waals surface area contributed by atoms with Crippen LogP contribution in [-0.4, -0.2) is 29.0 Å². The molecule has 0 amide bonds. The van der Waals surface area contributed by atoms with E-state index in [9.17, 15) is 10.1 Å². The molecule has 0 aliphatic carbocycles. The Morgan fingerprint density at radius 2 is 2.25 bits per heavy atom. The first-order valence-electron chi connectivity index (χ1n) is 6.99. The molecule has 1 aromatic carbocycles. The number of rotatable bonds is 5. The normalized spacial score (nSPS) is 20.0. The van der Waals surface area contributed by atoms with Crippen molar-refractivity contribution in [2.24, 2.45) is 5.73 Å². The maximum Gasteiger partial charge on any atom is 0.283 e. The van der Waals surface area contributed by atoms with Gasteiger partial charge in [0.2, 0.25) is 0 Å². The SMILES string of the molecule is NCCC1CCCCN1Cc1cccc([N+](=O)[O-])c1Br. The van der Waals surface area contributed by atoms with E-state index in [-0.39, 0.29) is 10.6 Å². The van der Waals surface area contributed by atoms with Gasteiger partial charge in [-0.15, -0.1) is 0 Å². The molecular weight excluding hydrogens is 322 g/mol. The van der Waals surface area contributed by atoms with Crippen LogP contribution < -0.4 is 5.73 Å². The third kappa shape index (κ3) is 3.56. The second kappa shape index (κ2) is 7.15. The lowest BCUT2D eigenvalue weighted by Crippen LogP contribution is -2.40. The van der Waals surface area contributed by atoms with Crippen molar-refractivity contribution in [1.82, 2.24) is 4.90 Å². The van der Waals surface area contributed by atoms with E-state index in [1.807, 2.05) is 6.07 Å². The third-order valence-corrected chi connectivity index (χ3v) is 4.79. The molecule has 0 bridgehead atoms. The van der Waals surface area contributed by atoms with E-state index >= 15 is 0 Å². The van der Waals surface area contributed by atoms with Crippen molar-refractivity contribution in [1.29, 1.82) is 0 Å². The van der Waals surface area contributed by atoms with Crippen molar-refractivity contribution >= 4 is 21.6 Å². The van der Waals surface area contributed by atoms with Crippen LogP contribution in [0.1, 0.15) is 31.2 Å². The molecule has 5 nitrogen and oxygen atoms in total. The summed E-state index contributed by atoms with van der Waals surface area (Å²) in [6.07, 6.45) is 4.60. The molecule has 1 aromatic rings. The second-order valence-electron chi connectivity index (χ2n) is 5.20. The van der Waals surface area contributed by atoms with Gasteiger partial charge in [-0.05, 0) is 53.8 Å². The van der Waals surface area contributed by atoms with Crippen molar-refractivity contribution in [3.63, 3.8) is 0 Å². The standard InChI is InChI=1S/C14H20BrN3O2/c15-14-11(4-3-6-13(14)18(19)20)10-17-9-2-1-5-12(17)7-8-16/h3-4,6,12H,1-2,5,7-10,16H2. The first kappa shape index (κ1) is 15.4. The Labute approximate surface area is 127 Å². The number of hydrogen-bond acceptors (Lipinski definition) is 4. The minimum absolute atomic E-state index is 0.134. The number of halogens is 1. The average molecular weight is 342 g/mol. The van der Waals surface area contributed by atoms with Crippen molar-refractivity contribution in [3.05, 3.63) is 38.3 Å². The van der Waals surface area contributed by atoms with Crippen LogP contribution in [0.4, 0.5) is 5.69 Å². The first-order chi connectivity index (χ1) is 9.63. The summed E-state index contributed by atoms with van der Waals surface area (Å²) < 4.78 is 0.599. The van der Waals surface area contributed by atoms with E-state index in [0.29, 0.717) is 17.1 Å². The van der Waals surface area contributed by atoms with Gasteiger partial charge >= 0.3 is 0 Å². The van der Waals surface area contributed by atoms with Gasteiger partial charge in [0.15, 0.2) is 0 Å². The molecule has 0 spiro atoms. The summed E-state index contributed by atoms with van der Waals surface area (Å²) in [6, 6.07) is 5.73. The topological polar surface area (TPSA) is 72.4 Å². The largest absolute Gasteiger partial charge is 0.330 e.